The van der Waals surface area contributed by atoms with Crippen molar-refractivity contribution in [3.63, 3.8) is 0 Å². The van der Waals surface area contributed by atoms with Crippen LogP contribution < -0.4 is 14.8 Å². The van der Waals surface area contributed by atoms with Crippen molar-refractivity contribution < 1.29 is 9.47 Å². The first-order chi connectivity index (χ1) is 11.8. The Morgan fingerprint density at radius 1 is 0.960 bits per heavy atom. The molecule has 0 heterocycles. The number of nitrogens with one attached hydrogen (secondary N) is 1. The van der Waals surface area contributed by atoms with Crippen LogP contribution in [0, 0.1) is 0 Å². The van der Waals surface area contributed by atoms with Crippen molar-refractivity contribution in [2.24, 2.45) is 0 Å². The first-order valence-electron chi connectivity index (χ1n) is 8.36. The van der Waals surface area contributed by atoms with E-state index in [0.717, 1.165) is 23.4 Å². The van der Waals surface area contributed by atoms with Gasteiger partial charge in [-0.1, -0.05) is 35.3 Å². The minimum Gasteiger partial charge on any atom is -0.490 e. The fraction of sp³-hybridized carbons (Fsp3) is 0.400. The summed E-state index contributed by atoms with van der Waals surface area (Å²) in [5.74, 6) is 1.40. The normalized spacial score (nSPS) is 11.4. The zero-order valence-corrected chi connectivity index (χ0v) is 16.7. The molecule has 0 spiro atoms. The number of hydrogen-bond donors (Lipinski definition) is 1. The largest absolute Gasteiger partial charge is 0.490 e. The summed E-state index contributed by atoms with van der Waals surface area (Å²) < 4.78 is 11.7. The molecule has 0 fully saturated rings. The zero-order valence-electron chi connectivity index (χ0n) is 15.2. The van der Waals surface area contributed by atoms with Crippen molar-refractivity contribution in [3.8, 4) is 11.5 Å². The molecular formula is C20H25Cl2NO2. The Balaban J connectivity index is 2.14. The third kappa shape index (κ3) is 6.10. The third-order valence-corrected chi connectivity index (χ3v) is 4.27. The van der Waals surface area contributed by atoms with Crippen LogP contribution in [0.5, 0.6) is 11.5 Å². The topological polar surface area (TPSA) is 30.5 Å². The molecule has 3 nitrogen and oxygen atoms in total. The second kappa shape index (κ2) is 8.79. The van der Waals surface area contributed by atoms with Gasteiger partial charge in [0.25, 0.3) is 0 Å². The van der Waals surface area contributed by atoms with E-state index in [1.54, 1.807) is 12.1 Å². The van der Waals surface area contributed by atoms with E-state index < -0.39 is 0 Å². The molecule has 0 aromatic heterocycles. The molecule has 2 aromatic carbocycles. The maximum Gasteiger partial charge on any atom is 0.161 e. The van der Waals surface area contributed by atoms with Gasteiger partial charge >= 0.3 is 0 Å². The molecule has 25 heavy (non-hydrogen) atoms. The van der Waals surface area contributed by atoms with Gasteiger partial charge in [0.05, 0.1) is 6.61 Å². The second-order valence-corrected chi connectivity index (χ2v) is 7.62. The molecule has 0 saturated heterocycles. The van der Waals surface area contributed by atoms with Crippen molar-refractivity contribution in [2.45, 2.75) is 46.4 Å². The van der Waals surface area contributed by atoms with Crippen LogP contribution in [0.25, 0.3) is 0 Å². The summed E-state index contributed by atoms with van der Waals surface area (Å²) in [5, 5.41) is 4.66. The molecule has 0 radical (unpaired) electrons. The molecule has 1 N–H and O–H groups in total. The highest BCUT2D eigenvalue weighted by Crippen LogP contribution is 2.31. The Bertz CT molecular complexity index is 691. The van der Waals surface area contributed by atoms with Gasteiger partial charge in [0.2, 0.25) is 0 Å². The molecule has 0 atom stereocenters. The monoisotopic (exact) mass is 381 g/mol. The first kappa shape index (κ1) is 19.9. The predicted octanol–water partition coefficient (Wildman–Crippen LogP) is 5.86. The second-order valence-electron chi connectivity index (χ2n) is 6.81. The van der Waals surface area contributed by atoms with Crippen molar-refractivity contribution >= 4 is 23.2 Å². The highest BCUT2D eigenvalue weighted by molar-refractivity contribution is 6.35. The van der Waals surface area contributed by atoms with E-state index in [-0.39, 0.29) is 12.1 Å². The van der Waals surface area contributed by atoms with Gasteiger partial charge < -0.3 is 14.8 Å². The molecule has 0 unspecified atom stereocenters. The van der Waals surface area contributed by atoms with E-state index in [2.05, 4.69) is 26.1 Å². The Morgan fingerprint density at radius 2 is 1.64 bits per heavy atom. The fourth-order valence-electron chi connectivity index (χ4n) is 2.24. The Hall–Kier alpha value is -1.42. The van der Waals surface area contributed by atoms with Crippen molar-refractivity contribution in [2.75, 3.05) is 6.61 Å². The highest BCUT2D eigenvalue weighted by atomic mass is 35.5. The van der Waals surface area contributed by atoms with Gasteiger partial charge in [0.1, 0.15) is 6.61 Å². The molecule has 0 aliphatic rings. The first-order valence-corrected chi connectivity index (χ1v) is 9.12. The summed E-state index contributed by atoms with van der Waals surface area (Å²) in [7, 11) is 0. The van der Waals surface area contributed by atoms with Crippen molar-refractivity contribution in [1.29, 1.82) is 0 Å². The van der Waals surface area contributed by atoms with Crippen molar-refractivity contribution in [3.05, 3.63) is 57.6 Å². The van der Waals surface area contributed by atoms with Gasteiger partial charge in [0, 0.05) is 27.7 Å². The quantitative estimate of drug-likeness (QED) is 0.651. The number of benzene rings is 2. The summed E-state index contributed by atoms with van der Waals surface area (Å²) in [6.07, 6.45) is 0. The lowest BCUT2D eigenvalue weighted by Gasteiger charge is -2.21. The Labute approximate surface area is 160 Å². The fourth-order valence-corrected chi connectivity index (χ4v) is 2.74. The van der Waals surface area contributed by atoms with Crippen LogP contribution >= 0.6 is 23.2 Å². The third-order valence-electron chi connectivity index (χ3n) is 3.56. The predicted molar refractivity (Wildman–Crippen MR) is 105 cm³/mol. The summed E-state index contributed by atoms with van der Waals surface area (Å²) in [4.78, 5) is 0. The lowest BCUT2D eigenvalue weighted by molar-refractivity contribution is 0.269. The van der Waals surface area contributed by atoms with Crippen LogP contribution in [-0.2, 0) is 13.2 Å². The molecule has 2 aromatic rings. The molecule has 0 aliphatic heterocycles. The van der Waals surface area contributed by atoms with Gasteiger partial charge in [-0.3, -0.25) is 0 Å². The molecule has 136 valence electrons. The number of hydrogen-bond acceptors (Lipinski definition) is 3. The minimum atomic E-state index is 0.0573. The lowest BCUT2D eigenvalue weighted by Crippen LogP contribution is -2.35. The van der Waals surface area contributed by atoms with E-state index >= 15 is 0 Å². The highest BCUT2D eigenvalue weighted by Gasteiger charge is 2.12. The van der Waals surface area contributed by atoms with E-state index in [4.69, 9.17) is 32.7 Å². The van der Waals surface area contributed by atoms with Gasteiger partial charge in [0.15, 0.2) is 11.5 Å². The molecule has 0 bridgehead atoms. The van der Waals surface area contributed by atoms with Gasteiger partial charge in [-0.2, -0.15) is 0 Å². The zero-order chi connectivity index (χ0) is 18.4. The molecule has 0 amide bonds. The maximum atomic E-state index is 6.20. The molecular weight excluding hydrogens is 357 g/mol. The van der Waals surface area contributed by atoms with E-state index in [1.165, 1.54) is 0 Å². The SMILES string of the molecule is CCOc1cc(CNC(C)(C)C)ccc1OCc1c(Cl)cccc1Cl. The van der Waals surface area contributed by atoms with E-state index in [0.29, 0.717) is 22.4 Å². The lowest BCUT2D eigenvalue weighted by atomic mass is 10.1. The van der Waals surface area contributed by atoms with Crippen LogP contribution in [0.1, 0.15) is 38.8 Å². The number of ether oxygens (including phenoxy) is 2. The molecule has 0 aliphatic carbocycles. The van der Waals surface area contributed by atoms with Crippen LogP contribution in [0.3, 0.4) is 0 Å². The summed E-state index contributed by atoms with van der Waals surface area (Å²) in [6.45, 7) is 10.00. The van der Waals surface area contributed by atoms with Gasteiger partial charge in [-0.25, -0.2) is 0 Å². The van der Waals surface area contributed by atoms with Crippen molar-refractivity contribution in [1.82, 2.24) is 5.32 Å². The average molecular weight is 382 g/mol. The Morgan fingerprint density at radius 3 is 2.24 bits per heavy atom. The molecule has 0 saturated carbocycles. The van der Waals surface area contributed by atoms with Crippen LogP contribution in [0.2, 0.25) is 10.0 Å². The smallest absolute Gasteiger partial charge is 0.161 e. The summed E-state index contributed by atoms with van der Waals surface area (Å²) in [5.41, 5.74) is 1.97. The van der Waals surface area contributed by atoms with Crippen LogP contribution in [0.4, 0.5) is 0 Å². The number of halogens is 2. The maximum absolute atomic E-state index is 6.20. The molecule has 2 rings (SSSR count). The van der Waals surface area contributed by atoms with E-state index in [9.17, 15) is 0 Å². The standard InChI is InChI=1S/C20H25Cl2NO2/c1-5-24-19-11-14(12-23-20(2,3)4)9-10-18(19)25-13-15-16(21)7-6-8-17(15)22/h6-11,23H,5,12-13H2,1-4H3. The summed E-state index contributed by atoms with van der Waals surface area (Å²) >= 11 is 12.4. The van der Waals surface area contributed by atoms with Gasteiger partial charge in [-0.05, 0) is 57.5 Å². The van der Waals surface area contributed by atoms with Gasteiger partial charge in [-0.15, -0.1) is 0 Å². The minimum absolute atomic E-state index is 0.0573. The average Bonchev–Trinajstić information content (AvgIpc) is 2.53. The summed E-state index contributed by atoms with van der Waals surface area (Å²) in [6, 6.07) is 11.4. The Kier molecular flexibility index (Phi) is 7.00. The number of rotatable bonds is 7. The van der Waals surface area contributed by atoms with E-state index in [1.807, 2.05) is 31.2 Å². The van der Waals surface area contributed by atoms with Crippen LogP contribution in [-0.4, -0.2) is 12.1 Å². The molecule has 5 heteroatoms. The van der Waals surface area contributed by atoms with Crippen LogP contribution in [0.15, 0.2) is 36.4 Å².